The third kappa shape index (κ3) is 4.96. The third-order valence-corrected chi connectivity index (χ3v) is 3.17. The Labute approximate surface area is 122 Å². The van der Waals surface area contributed by atoms with Gasteiger partial charge in [0.1, 0.15) is 17.5 Å². The van der Waals surface area contributed by atoms with Crippen LogP contribution in [0, 0.1) is 6.92 Å². The second-order valence-corrected chi connectivity index (χ2v) is 5.07. The first kappa shape index (κ1) is 16.7. The van der Waals surface area contributed by atoms with E-state index in [4.69, 9.17) is 4.74 Å². The van der Waals surface area contributed by atoms with Gasteiger partial charge in [0.2, 0.25) is 0 Å². The SMILES string of the molecule is CCCNc1nc(CCC)nc(NCC(C)OC)c1C. The lowest BCUT2D eigenvalue weighted by Gasteiger charge is -2.16. The molecule has 2 N–H and O–H groups in total. The zero-order valence-electron chi connectivity index (χ0n) is 13.4. The molecule has 0 saturated heterocycles. The highest BCUT2D eigenvalue weighted by molar-refractivity contribution is 5.57. The molecule has 20 heavy (non-hydrogen) atoms. The van der Waals surface area contributed by atoms with Gasteiger partial charge in [0.05, 0.1) is 6.10 Å². The van der Waals surface area contributed by atoms with E-state index < -0.39 is 0 Å². The Bertz CT molecular complexity index is 409. The van der Waals surface area contributed by atoms with Gasteiger partial charge in [-0.1, -0.05) is 13.8 Å². The van der Waals surface area contributed by atoms with Crippen LogP contribution in [0.5, 0.6) is 0 Å². The molecule has 0 aromatic carbocycles. The molecule has 1 aromatic heterocycles. The molecule has 5 nitrogen and oxygen atoms in total. The van der Waals surface area contributed by atoms with Gasteiger partial charge in [0.15, 0.2) is 0 Å². The van der Waals surface area contributed by atoms with Crippen LogP contribution in [0.2, 0.25) is 0 Å². The summed E-state index contributed by atoms with van der Waals surface area (Å²) < 4.78 is 5.26. The Kier molecular flexibility index (Phi) is 7.30. The van der Waals surface area contributed by atoms with Crippen LogP contribution in [-0.2, 0) is 11.2 Å². The summed E-state index contributed by atoms with van der Waals surface area (Å²) in [6.45, 7) is 10.0. The topological polar surface area (TPSA) is 59.1 Å². The van der Waals surface area contributed by atoms with Crippen LogP contribution in [0.3, 0.4) is 0 Å². The second kappa shape index (κ2) is 8.74. The van der Waals surface area contributed by atoms with Gasteiger partial charge in [-0.3, -0.25) is 0 Å². The van der Waals surface area contributed by atoms with Crippen molar-refractivity contribution in [3.05, 3.63) is 11.4 Å². The first-order valence-electron chi connectivity index (χ1n) is 7.50. The van der Waals surface area contributed by atoms with E-state index in [0.717, 1.165) is 55.4 Å². The number of aromatic nitrogens is 2. The zero-order chi connectivity index (χ0) is 15.0. The Morgan fingerprint density at radius 3 is 2.30 bits per heavy atom. The molecule has 0 fully saturated rings. The lowest BCUT2D eigenvalue weighted by Crippen LogP contribution is -2.20. The highest BCUT2D eigenvalue weighted by Crippen LogP contribution is 2.20. The van der Waals surface area contributed by atoms with Gasteiger partial charge in [0.25, 0.3) is 0 Å². The number of anilines is 2. The quantitative estimate of drug-likeness (QED) is 0.728. The minimum atomic E-state index is 0.158. The van der Waals surface area contributed by atoms with E-state index in [0.29, 0.717) is 0 Å². The van der Waals surface area contributed by atoms with Crippen LogP contribution in [0.4, 0.5) is 11.6 Å². The van der Waals surface area contributed by atoms with Gasteiger partial charge >= 0.3 is 0 Å². The third-order valence-electron chi connectivity index (χ3n) is 3.17. The Morgan fingerprint density at radius 2 is 1.75 bits per heavy atom. The van der Waals surface area contributed by atoms with E-state index in [-0.39, 0.29) is 6.10 Å². The summed E-state index contributed by atoms with van der Waals surface area (Å²) in [5.41, 5.74) is 1.07. The Balaban J connectivity index is 2.91. The summed E-state index contributed by atoms with van der Waals surface area (Å²) in [6, 6.07) is 0. The Morgan fingerprint density at radius 1 is 1.10 bits per heavy atom. The van der Waals surface area contributed by atoms with Gasteiger partial charge in [0, 0.05) is 32.2 Å². The van der Waals surface area contributed by atoms with Crippen molar-refractivity contribution in [2.45, 2.75) is 53.1 Å². The lowest BCUT2D eigenvalue weighted by atomic mass is 10.2. The molecule has 0 saturated carbocycles. The van der Waals surface area contributed by atoms with Gasteiger partial charge in [-0.05, 0) is 26.7 Å². The van der Waals surface area contributed by atoms with Crippen LogP contribution in [-0.4, -0.2) is 36.3 Å². The highest BCUT2D eigenvalue weighted by atomic mass is 16.5. The van der Waals surface area contributed by atoms with E-state index in [1.54, 1.807) is 7.11 Å². The van der Waals surface area contributed by atoms with Crippen molar-refractivity contribution in [1.29, 1.82) is 0 Å². The molecule has 0 bridgehead atoms. The molecule has 0 radical (unpaired) electrons. The fourth-order valence-corrected chi connectivity index (χ4v) is 1.81. The van der Waals surface area contributed by atoms with Crippen LogP contribution < -0.4 is 10.6 Å². The predicted octanol–water partition coefficient (Wildman–Crippen LogP) is 3.01. The molecular formula is C15H28N4O. The lowest BCUT2D eigenvalue weighted by molar-refractivity contribution is 0.128. The molecule has 1 heterocycles. The van der Waals surface area contributed by atoms with Crippen LogP contribution in [0.1, 0.15) is 45.0 Å². The number of aryl methyl sites for hydroxylation is 1. The number of nitrogens with zero attached hydrogens (tertiary/aromatic N) is 2. The van der Waals surface area contributed by atoms with Gasteiger partial charge in [-0.2, -0.15) is 0 Å². The molecule has 1 aromatic rings. The van der Waals surface area contributed by atoms with Crippen LogP contribution >= 0.6 is 0 Å². The molecule has 1 rings (SSSR count). The standard InChI is InChI=1S/C15H28N4O/c1-6-8-13-18-14(16-9-7-2)12(4)15(19-13)17-10-11(3)20-5/h11H,6-10H2,1-5H3,(H2,16,17,18,19). The summed E-state index contributed by atoms with van der Waals surface area (Å²) in [7, 11) is 1.72. The Hall–Kier alpha value is -1.36. The van der Waals surface area contributed by atoms with E-state index >= 15 is 0 Å². The van der Waals surface area contributed by atoms with Crippen molar-refractivity contribution < 1.29 is 4.74 Å². The fraction of sp³-hybridized carbons (Fsp3) is 0.733. The number of hydrogen-bond donors (Lipinski definition) is 2. The average molecular weight is 280 g/mol. The summed E-state index contributed by atoms with van der Waals surface area (Å²) in [6.07, 6.45) is 3.18. The molecule has 0 aliphatic heterocycles. The molecule has 0 aliphatic carbocycles. The van der Waals surface area contributed by atoms with Crippen LogP contribution in [0.25, 0.3) is 0 Å². The second-order valence-electron chi connectivity index (χ2n) is 5.07. The smallest absolute Gasteiger partial charge is 0.134 e. The van der Waals surface area contributed by atoms with Crippen LogP contribution in [0.15, 0.2) is 0 Å². The minimum absolute atomic E-state index is 0.158. The maximum atomic E-state index is 5.26. The summed E-state index contributed by atoms with van der Waals surface area (Å²) >= 11 is 0. The first-order chi connectivity index (χ1) is 9.62. The normalized spacial score (nSPS) is 12.2. The maximum absolute atomic E-state index is 5.26. The molecule has 114 valence electrons. The molecule has 5 heteroatoms. The van der Waals surface area contributed by atoms with Gasteiger partial charge in [-0.25, -0.2) is 9.97 Å². The van der Waals surface area contributed by atoms with Gasteiger partial charge in [-0.15, -0.1) is 0 Å². The van der Waals surface area contributed by atoms with Crippen molar-refractivity contribution in [1.82, 2.24) is 9.97 Å². The molecular weight excluding hydrogens is 252 g/mol. The number of nitrogens with one attached hydrogen (secondary N) is 2. The van der Waals surface area contributed by atoms with Crippen molar-refractivity contribution in [3.63, 3.8) is 0 Å². The molecule has 0 spiro atoms. The highest BCUT2D eigenvalue weighted by Gasteiger charge is 2.11. The average Bonchev–Trinajstić information content (AvgIpc) is 2.45. The zero-order valence-corrected chi connectivity index (χ0v) is 13.4. The summed E-state index contributed by atoms with van der Waals surface area (Å²) in [4.78, 5) is 9.23. The number of ether oxygens (including phenoxy) is 1. The van der Waals surface area contributed by atoms with Crippen molar-refractivity contribution in [2.24, 2.45) is 0 Å². The summed E-state index contributed by atoms with van der Waals surface area (Å²) in [5, 5.41) is 6.74. The van der Waals surface area contributed by atoms with E-state index in [1.807, 2.05) is 13.8 Å². The van der Waals surface area contributed by atoms with E-state index in [9.17, 15) is 0 Å². The number of hydrogen-bond acceptors (Lipinski definition) is 5. The molecule has 0 amide bonds. The van der Waals surface area contributed by atoms with E-state index in [1.165, 1.54) is 0 Å². The fourth-order valence-electron chi connectivity index (χ4n) is 1.81. The van der Waals surface area contributed by atoms with E-state index in [2.05, 4.69) is 34.4 Å². The minimum Gasteiger partial charge on any atom is -0.380 e. The molecule has 1 unspecified atom stereocenters. The number of rotatable bonds is 9. The number of methoxy groups -OCH3 is 1. The van der Waals surface area contributed by atoms with Crippen molar-refractivity contribution in [3.8, 4) is 0 Å². The molecule has 1 atom stereocenters. The van der Waals surface area contributed by atoms with Gasteiger partial charge < -0.3 is 15.4 Å². The maximum Gasteiger partial charge on any atom is 0.134 e. The summed E-state index contributed by atoms with van der Waals surface area (Å²) in [5.74, 6) is 2.74. The largest absolute Gasteiger partial charge is 0.380 e. The monoisotopic (exact) mass is 280 g/mol. The van der Waals surface area contributed by atoms with Crippen molar-refractivity contribution >= 4 is 11.6 Å². The molecule has 0 aliphatic rings. The predicted molar refractivity (Wildman–Crippen MR) is 84.5 cm³/mol. The first-order valence-corrected chi connectivity index (χ1v) is 7.50. The van der Waals surface area contributed by atoms with Crippen molar-refractivity contribution in [2.75, 3.05) is 30.8 Å².